The molecule has 196 valence electrons. The van der Waals surface area contributed by atoms with Crippen LogP contribution >= 0.6 is 11.6 Å². The Bertz CT molecular complexity index is 1450. The van der Waals surface area contributed by atoms with Gasteiger partial charge in [0, 0.05) is 19.8 Å². The van der Waals surface area contributed by atoms with Crippen molar-refractivity contribution in [3.63, 3.8) is 0 Å². The molecule has 2 atom stereocenters. The maximum absolute atomic E-state index is 13.4. The van der Waals surface area contributed by atoms with Gasteiger partial charge in [0.05, 0.1) is 23.0 Å². The van der Waals surface area contributed by atoms with E-state index in [0.29, 0.717) is 11.4 Å². The number of halogens is 3. The molecule has 1 aliphatic rings. The predicted molar refractivity (Wildman–Crippen MR) is 132 cm³/mol. The van der Waals surface area contributed by atoms with E-state index in [1.807, 2.05) is 0 Å². The lowest BCUT2D eigenvalue weighted by atomic mass is 10.1. The first-order valence-electron chi connectivity index (χ1n) is 11.0. The lowest BCUT2D eigenvalue weighted by molar-refractivity contribution is -0.125. The SMILES string of the molecule is CN1C(C(=O)Nc2ccc(F)c(Cl)c2)CC(C(=O)NCc2cc(-c3ccc(F)cc3)n(C)n2)NS1(=O)=O. The van der Waals surface area contributed by atoms with Gasteiger partial charge in [-0.2, -0.15) is 22.5 Å². The molecule has 10 nitrogen and oxygen atoms in total. The first-order chi connectivity index (χ1) is 17.4. The van der Waals surface area contributed by atoms with Gasteiger partial charge in [-0.15, -0.1) is 0 Å². The predicted octanol–water partition coefficient (Wildman–Crippen LogP) is 2.18. The van der Waals surface area contributed by atoms with Crippen LogP contribution in [0.1, 0.15) is 12.1 Å². The van der Waals surface area contributed by atoms with Crippen LogP contribution in [-0.2, 0) is 33.4 Å². The van der Waals surface area contributed by atoms with Gasteiger partial charge < -0.3 is 10.6 Å². The highest BCUT2D eigenvalue weighted by atomic mass is 35.5. The standard InChI is InChI=1S/C23H23ClF2N6O4S/c1-31-20(13-3-5-14(25)6-4-13)10-16(29-31)12-27-22(33)19-11-21(32(2)37(35,36)30-19)23(34)28-15-7-8-18(26)17(24)9-15/h3-10,19,21,30H,11-12H2,1-2H3,(H,27,33)(H,28,34). The van der Waals surface area contributed by atoms with Gasteiger partial charge in [-0.1, -0.05) is 11.6 Å². The van der Waals surface area contributed by atoms with E-state index in [0.717, 1.165) is 15.9 Å². The van der Waals surface area contributed by atoms with Gasteiger partial charge in [-0.3, -0.25) is 14.3 Å². The van der Waals surface area contributed by atoms with Gasteiger partial charge in [-0.25, -0.2) is 8.78 Å². The third-order valence-corrected chi connectivity index (χ3v) is 7.77. The molecule has 4 rings (SSSR count). The largest absolute Gasteiger partial charge is 0.349 e. The van der Waals surface area contributed by atoms with E-state index in [1.54, 1.807) is 29.9 Å². The second kappa shape index (κ2) is 10.5. The van der Waals surface area contributed by atoms with E-state index in [1.165, 1.54) is 31.3 Å². The van der Waals surface area contributed by atoms with Gasteiger partial charge in [-0.05, 0) is 60.5 Å². The van der Waals surface area contributed by atoms with Gasteiger partial charge >= 0.3 is 0 Å². The van der Waals surface area contributed by atoms with Crippen molar-refractivity contribution < 1.29 is 26.8 Å². The number of nitrogens with one attached hydrogen (secondary N) is 3. The Morgan fingerprint density at radius 3 is 2.49 bits per heavy atom. The third kappa shape index (κ3) is 5.96. The van der Waals surface area contributed by atoms with Crippen LogP contribution in [0.2, 0.25) is 5.02 Å². The number of carbonyl (C=O) groups is 2. The summed E-state index contributed by atoms with van der Waals surface area (Å²) in [5, 5.41) is 9.26. The van der Waals surface area contributed by atoms with Gasteiger partial charge in [0.2, 0.25) is 11.8 Å². The van der Waals surface area contributed by atoms with Crippen molar-refractivity contribution in [3.8, 4) is 11.3 Å². The number of benzene rings is 2. The minimum absolute atomic E-state index is 0.00707. The van der Waals surface area contributed by atoms with Crippen LogP contribution in [0.3, 0.4) is 0 Å². The molecule has 0 bridgehead atoms. The molecule has 0 radical (unpaired) electrons. The number of amides is 2. The normalized spacial score (nSPS) is 19.4. The van der Waals surface area contributed by atoms with E-state index >= 15 is 0 Å². The average Bonchev–Trinajstić information content (AvgIpc) is 3.22. The molecule has 3 N–H and O–H groups in total. The van der Waals surface area contributed by atoms with Crippen molar-refractivity contribution in [1.82, 2.24) is 24.1 Å². The second-order valence-corrected chi connectivity index (χ2v) is 10.6. The van der Waals surface area contributed by atoms with Crippen molar-refractivity contribution >= 4 is 39.3 Å². The molecule has 0 spiro atoms. The summed E-state index contributed by atoms with van der Waals surface area (Å²) in [6.07, 6.45) is -0.161. The average molecular weight is 553 g/mol. The Labute approximate surface area is 216 Å². The number of nitrogens with zero attached hydrogens (tertiary/aromatic N) is 3. The van der Waals surface area contributed by atoms with Crippen molar-refractivity contribution in [2.24, 2.45) is 7.05 Å². The van der Waals surface area contributed by atoms with Crippen molar-refractivity contribution in [2.45, 2.75) is 25.0 Å². The van der Waals surface area contributed by atoms with E-state index < -0.39 is 39.9 Å². The highest BCUT2D eigenvalue weighted by molar-refractivity contribution is 7.87. The maximum atomic E-state index is 13.4. The lowest BCUT2D eigenvalue weighted by Crippen LogP contribution is -2.62. The summed E-state index contributed by atoms with van der Waals surface area (Å²) in [7, 11) is -1.24. The summed E-state index contributed by atoms with van der Waals surface area (Å²) in [5.41, 5.74) is 2.09. The first-order valence-corrected chi connectivity index (χ1v) is 12.8. The van der Waals surface area contributed by atoms with Crippen molar-refractivity contribution in [2.75, 3.05) is 12.4 Å². The number of hydrogen-bond donors (Lipinski definition) is 3. The van der Waals surface area contributed by atoms with Crippen molar-refractivity contribution in [1.29, 1.82) is 0 Å². The molecule has 1 aliphatic heterocycles. The minimum Gasteiger partial charge on any atom is -0.349 e. The van der Waals surface area contributed by atoms with Crippen LogP contribution in [0.15, 0.2) is 48.5 Å². The second-order valence-electron chi connectivity index (χ2n) is 8.43. The number of aryl methyl sites for hydroxylation is 1. The summed E-state index contributed by atoms with van der Waals surface area (Å²) in [4.78, 5) is 25.7. The number of hydrogen-bond acceptors (Lipinski definition) is 5. The van der Waals surface area contributed by atoms with E-state index in [-0.39, 0.29) is 29.5 Å². The third-order valence-electron chi connectivity index (χ3n) is 5.89. The molecule has 2 amide bonds. The highest BCUT2D eigenvalue weighted by Crippen LogP contribution is 2.23. The molecule has 3 aromatic rings. The number of likely N-dealkylation sites (N-methyl/N-ethyl adjacent to an activating group) is 1. The molecule has 2 aromatic carbocycles. The number of carbonyl (C=O) groups excluding carboxylic acids is 2. The fraction of sp³-hybridized carbons (Fsp3) is 0.261. The fourth-order valence-corrected chi connectivity index (χ4v) is 5.31. The first kappa shape index (κ1) is 26.7. The molecule has 2 heterocycles. The smallest absolute Gasteiger partial charge is 0.280 e. The summed E-state index contributed by atoms with van der Waals surface area (Å²) in [6, 6.07) is 8.68. The Morgan fingerprint density at radius 2 is 1.81 bits per heavy atom. The van der Waals surface area contributed by atoms with Gasteiger partial charge in [0.1, 0.15) is 23.7 Å². The summed E-state index contributed by atoms with van der Waals surface area (Å²) in [6.45, 7) is -0.00707. The summed E-state index contributed by atoms with van der Waals surface area (Å²) in [5.74, 6) is -2.39. The maximum Gasteiger partial charge on any atom is 0.280 e. The zero-order valence-corrected chi connectivity index (χ0v) is 21.3. The van der Waals surface area contributed by atoms with Gasteiger partial charge in [0.25, 0.3) is 10.2 Å². The van der Waals surface area contributed by atoms with E-state index in [4.69, 9.17) is 11.6 Å². The Morgan fingerprint density at radius 1 is 1.11 bits per heavy atom. The molecule has 0 saturated carbocycles. The van der Waals surface area contributed by atoms with Gasteiger partial charge in [0.15, 0.2) is 0 Å². The summed E-state index contributed by atoms with van der Waals surface area (Å²) >= 11 is 5.74. The molecule has 1 saturated heterocycles. The number of rotatable bonds is 6. The molecule has 14 heteroatoms. The Kier molecular flexibility index (Phi) is 7.59. The molecule has 0 aliphatic carbocycles. The zero-order valence-electron chi connectivity index (χ0n) is 19.7. The van der Waals surface area contributed by atoms with Crippen LogP contribution in [0.25, 0.3) is 11.3 Å². The Balaban J connectivity index is 1.43. The van der Waals surface area contributed by atoms with Crippen LogP contribution < -0.4 is 15.4 Å². The highest BCUT2D eigenvalue weighted by Gasteiger charge is 2.42. The van der Waals surface area contributed by atoms with E-state index in [9.17, 15) is 26.8 Å². The molecular weight excluding hydrogens is 530 g/mol. The van der Waals surface area contributed by atoms with Crippen LogP contribution in [0.5, 0.6) is 0 Å². The van der Waals surface area contributed by atoms with Crippen molar-refractivity contribution in [3.05, 3.63) is 70.9 Å². The quantitative estimate of drug-likeness (QED) is 0.432. The number of anilines is 1. The molecule has 2 unspecified atom stereocenters. The molecule has 1 fully saturated rings. The lowest BCUT2D eigenvalue weighted by Gasteiger charge is -2.35. The zero-order chi connectivity index (χ0) is 26.9. The molecular formula is C23H23ClF2N6O4S. The topological polar surface area (TPSA) is 125 Å². The van der Waals surface area contributed by atoms with Crippen LogP contribution in [0, 0.1) is 11.6 Å². The van der Waals surface area contributed by atoms with E-state index in [2.05, 4.69) is 20.5 Å². The summed E-state index contributed by atoms with van der Waals surface area (Å²) < 4.78 is 56.5. The van der Waals surface area contributed by atoms with Crippen LogP contribution in [0.4, 0.5) is 14.5 Å². The minimum atomic E-state index is -4.16. The molecule has 1 aromatic heterocycles. The Hall–Kier alpha value is -3.39. The monoisotopic (exact) mass is 552 g/mol. The molecule has 37 heavy (non-hydrogen) atoms. The van der Waals surface area contributed by atoms with Crippen LogP contribution in [-0.4, -0.2) is 53.4 Å². The fourth-order valence-electron chi connectivity index (χ4n) is 3.89. The number of aromatic nitrogens is 2.